The third-order valence-electron chi connectivity index (χ3n) is 5.51. The maximum absolute atomic E-state index is 12.5. The molecule has 6 nitrogen and oxygen atoms in total. The number of hydrogen-bond acceptors (Lipinski definition) is 5. The average Bonchev–Trinajstić information content (AvgIpc) is 2.94. The van der Waals surface area contributed by atoms with Gasteiger partial charge in [0.25, 0.3) is 0 Å². The average molecular weight is 476 g/mol. The number of hydrogen-bond donors (Lipinski definition) is 2. The van der Waals surface area contributed by atoms with Gasteiger partial charge in [0, 0.05) is 37.3 Å². The molecule has 7 heteroatoms. The Kier molecular flexibility index (Phi) is 10.5. The maximum Gasteiger partial charge on any atom is 0.410 e. The van der Waals surface area contributed by atoms with Crippen LogP contribution in [0.2, 0.25) is 0 Å². The molecule has 1 aliphatic heterocycles. The Labute approximate surface area is 203 Å². The van der Waals surface area contributed by atoms with E-state index in [-0.39, 0.29) is 18.7 Å². The molecule has 1 heterocycles. The van der Waals surface area contributed by atoms with Crippen LogP contribution in [0.3, 0.4) is 0 Å². The van der Waals surface area contributed by atoms with Gasteiger partial charge >= 0.3 is 6.09 Å². The van der Waals surface area contributed by atoms with Crippen LogP contribution in [-0.4, -0.2) is 65.4 Å². The molecule has 2 aliphatic rings. The monoisotopic (exact) mass is 475 g/mol. The van der Waals surface area contributed by atoms with Crippen LogP contribution in [0.15, 0.2) is 70.5 Å². The molecule has 1 saturated heterocycles. The van der Waals surface area contributed by atoms with Crippen LogP contribution in [0.1, 0.15) is 40.5 Å². The number of nitrogens with two attached hydrogens (primary N) is 1. The molecule has 0 aromatic carbocycles. The number of halogens is 1. The fourth-order valence-corrected chi connectivity index (χ4v) is 4.08. The van der Waals surface area contributed by atoms with Gasteiger partial charge in [0.2, 0.25) is 0 Å². The summed E-state index contributed by atoms with van der Waals surface area (Å²) in [6.45, 7) is 10.3. The summed E-state index contributed by atoms with van der Waals surface area (Å²) in [5, 5.41) is 10.6. The number of amides is 1. The molecule has 2 rings (SSSR count). The Bertz CT molecular complexity index is 854. The summed E-state index contributed by atoms with van der Waals surface area (Å²) < 4.78 is 5.54. The lowest BCUT2D eigenvalue weighted by molar-refractivity contribution is 0.0120. The van der Waals surface area contributed by atoms with E-state index in [1.165, 1.54) is 6.20 Å². The summed E-state index contributed by atoms with van der Waals surface area (Å²) in [5.41, 5.74) is 8.06. The van der Waals surface area contributed by atoms with Crippen molar-refractivity contribution in [3.05, 3.63) is 70.5 Å². The number of aliphatic hydroxyl groups is 1. The predicted octanol–water partition coefficient (Wildman–Crippen LogP) is 4.64. The largest absolute Gasteiger partial charge is 0.444 e. The lowest BCUT2D eigenvalue weighted by Crippen LogP contribution is -2.53. The van der Waals surface area contributed by atoms with E-state index >= 15 is 0 Å². The molecule has 33 heavy (non-hydrogen) atoms. The Balaban J connectivity index is 2.26. The van der Waals surface area contributed by atoms with Crippen molar-refractivity contribution in [2.24, 2.45) is 5.73 Å². The Morgan fingerprint density at radius 1 is 1.27 bits per heavy atom. The minimum atomic E-state index is -0.510. The van der Waals surface area contributed by atoms with Crippen LogP contribution < -0.4 is 5.73 Å². The molecule has 182 valence electrons. The number of aliphatic hydroxyl groups excluding tert-OH is 1. The first-order valence-electron chi connectivity index (χ1n) is 11.5. The van der Waals surface area contributed by atoms with E-state index in [0.717, 1.165) is 36.2 Å². The Morgan fingerprint density at radius 3 is 2.55 bits per heavy atom. The van der Waals surface area contributed by atoms with E-state index in [9.17, 15) is 9.90 Å². The number of rotatable bonds is 6. The normalized spacial score (nSPS) is 22.6. The molecule has 0 bridgehead atoms. The SMILES string of the molecule is CC/C=C(Cl)\C=C/C1=CC=C(CO)/C(=C/C=C\N)CC1N1CCN(C(=O)OC(C)(C)C)CC1. The minimum Gasteiger partial charge on any atom is -0.444 e. The molecule has 3 N–H and O–H groups in total. The molecule has 1 fully saturated rings. The van der Waals surface area contributed by atoms with Gasteiger partial charge in [-0.05, 0) is 68.7 Å². The minimum absolute atomic E-state index is 0.0482. The van der Waals surface area contributed by atoms with Crippen LogP contribution in [0.5, 0.6) is 0 Å². The summed E-state index contributed by atoms with van der Waals surface area (Å²) in [5.74, 6) is 0. The zero-order valence-electron chi connectivity index (χ0n) is 20.3. The van der Waals surface area contributed by atoms with Gasteiger partial charge < -0.3 is 20.5 Å². The molecule has 1 amide bonds. The highest BCUT2D eigenvalue weighted by atomic mass is 35.5. The number of allylic oxidation sites excluding steroid dienone is 7. The third-order valence-corrected chi connectivity index (χ3v) is 5.79. The lowest BCUT2D eigenvalue weighted by atomic mass is 9.95. The highest BCUT2D eigenvalue weighted by molar-refractivity contribution is 6.31. The maximum atomic E-state index is 12.5. The van der Waals surface area contributed by atoms with E-state index in [2.05, 4.69) is 11.0 Å². The van der Waals surface area contributed by atoms with Crippen molar-refractivity contribution in [2.75, 3.05) is 32.8 Å². The number of piperazine rings is 1. The number of carbonyl (C=O) groups is 1. The van der Waals surface area contributed by atoms with Gasteiger partial charge in [-0.2, -0.15) is 0 Å². The zero-order valence-corrected chi connectivity index (χ0v) is 21.0. The van der Waals surface area contributed by atoms with Crippen molar-refractivity contribution in [1.29, 1.82) is 0 Å². The van der Waals surface area contributed by atoms with E-state index < -0.39 is 5.60 Å². The Morgan fingerprint density at radius 2 is 1.97 bits per heavy atom. The van der Waals surface area contributed by atoms with Gasteiger partial charge in [-0.15, -0.1) is 0 Å². The molecule has 0 radical (unpaired) electrons. The van der Waals surface area contributed by atoms with E-state index in [1.54, 1.807) is 11.0 Å². The summed E-state index contributed by atoms with van der Waals surface area (Å²) in [6, 6.07) is 0.0749. The van der Waals surface area contributed by atoms with E-state index in [1.807, 2.05) is 58.1 Å². The smallest absolute Gasteiger partial charge is 0.410 e. The van der Waals surface area contributed by atoms with E-state index in [4.69, 9.17) is 22.1 Å². The van der Waals surface area contributed by atoms with Crippen LogP contribution in [-0.2, 0) is 4.74 Å². The fourth-order valence-electron chi connectivity index (χ4n) is 3.86. The van der Waals surface area contributed by atoms with Crippen molar-refractivity contribution in [2.45, 2.75) is 52.2 Å². The quantitative estimate of drug-likeness (QED) is 0.547. The van der Waals surface area contributed by atoms with Crippen LogP contribution in [0.4, 0.5) is 4.79 Å². The van der Waals surface area contributed by atoms with Gasteiger partial charge in [-0.1, -0.05) is 48.9 Å². The summed E-state index contributed by atoms with van der Waals surface area (Å²) >= 11 is 6.32. The van der Waals surface area contributed by atoms with Gasteiger partial charge in [-0.25, -0.2) is 4.79 Å². The molecule has 1 atom stereocenters. The second-order valence-electron chi connectivity index (χ2n) is 9.15. The van der Waals surface area contributed by atoms with Crippen LogP contribution in [0, 0.1) is 0 Å². The first-order chi connectivity index (χ1) is 15.7. The standard InChI is InChI=1S/C26H38ClN3O3/c1-5-7-23(27)12-11-20-9-10-22(19-31)21(8-6-13-28)18-24(20)29-14-16-30(17-15-29)25(32)33-26(2,3)4/h6-13,24,31H,5,14-19,28H2,1-4H3/b12-11-,13-6-,21-8+,23-7+. The molecule has 1 aliphatic carbocycles. The fraction of sp³-hybridized carbons (Fsp3) is 0.500. The first kappa shape index (κ1) is 27.0. The molecule has 1 unspecified atom stereocenters. The zero-order chi connectivity index (χ0) is 24.4. The van der Waals surface area contributed by atoms with Crippen molar-refractivity contribution in [1.82, 2.24) is 9.80 Å². The molecule has 0 aromatic rings. The topological polar surface area (TPSA) is 79.0 Å². The van der Waals surface area contributed by atoms with Crippen molar-refractivity contribution in [3.63, 3.8) is 0 Å². The van der Waals surface area contributed by atoms with Gasteiger partial charge in [0.1, 0.15) is 5.60 Å². The number of nitrogens with zero attached hydrogens (tertiary/aromatic N) is 2. The molecule has 0 spiro atoms. The second-order valence-corrected chi connectivity index (χ2v) is 9.58. The second kappa shape index (κ2) is 12.8. The molecular weight excluding hydrogens is 438 g/mol. The first-order valence-corrected chi connectivity index (χ1v) is 11.9. The predicted molar refractivity (Wildman–Crippen MR) is 136 cm³/mol. The summed E-state index contributed by atoms with van der Waals surface area (Å²) in [4.78, 5) is 16.6. The third kappa shape index (κ3) is 8.54. The highest BCUT2D eigenvalue weighted by Gasteiger charge is 2.31. The van der Waals surface area contributed by atoms with Gasteiger partial charge in [-0.3, -0.25) is 4.90 Å². The summed E-state index contributed by atoms with van der Waals surface area (Å²) in [7, 11) is 0. The number of carbonyl (C=O) groups excluding carboxylic acids is 1. The Hall–Kier alpha value is -2.28. The van der Waals surface area contributed by atoms with Gasteiger partial charge in [0.15, 0.2) is 0 Å². The van der Waals surface area contributed by atoms with Gasteiger partial charge in [0.05, 0.1) is 6.61 Å². The lowest BCUT2D eigenvalue weighted by Gasteiger charge is -2.40. The van der Waals surface area contributed by atoms with Crippen LogP contribution in [0.25, 0.3) is 0 Å². The van der Waals surface area contributed by atoms with Crippen molar-refractivity contribution >= 4 is 17.7 Å². The highest BCUT2D eigenvalue weighted by Crippen LogP contribution is 2.29. The summed E-state index contributed by atoms with van der Waals surface area (Å²) in [6.07, 6.45) is 16.5. The van der Waals surface area contributed by atoms with Crippen molar-refractivity contribution < 1.29 is 14.6 Å². The molecule has 0 aromatic heterocycles. The molecule has 0 saturated carbocycles. The molecular formula is C26H38ClN3O3. The van der Waals surface area contributed by atoms with Crippen LogP contribution >= 0.6 is 11.6 Å². The van der Waals surface area contributed by atoms with E-state index in [0.29, 0.717) is 24.5 Å². The van der Waals surface area contributed by atoms with Crippen molar-refractivity contribution in [3.8, 4) is 0 Å². The number of ether oxygens (including phenoxy) is 1.